The number of anilines is 1. The molecule has 2 fully saturated rings. The fourth-order valence-electron chi connectivity index (χ4n) is 3.49. The lowest BCUT2D eigenvalue weighted by Crippen LogP contribution is -2.51. The van der Waals surface area contributed by atoms with Crippen LogP contribution in [0.4, 0.5) is 10.1 Å². The minimum absolute atomic E-state index is 0. The van der Waals surface area contributed by atoms with Gasteiger partial charge in [0.25, 0.3) is 0 Å². The van der Waals surface area contributed by atoms with Crippen LogP contribution in [-0.4, -0.2) is 45.9 Å². The summed E-state index contributed by atoms with van der Waals surface area (Å²) >= 11 is 0. The Morgan fingerprint density at radius 3 is 2.69 bits per heavy atom. The van der Waals surface area contributed by atoms with Crippen molar-refractivity contribution in [2.75, 3.05) is 18.0 Å². The highest BCUT2D eigenvalue weighted by molar-refractivity contribution is 14.0. The molecule has 2 aromatic rings. The number of aromatic nitrogens is 3. The van der Waals surface area contributed by atoms with Gasteiger partial charge in [0, 0.05) is 37.9 Å². The first-order valence-electron chi connectivity index (χ1n) is 10.0. The molecule has 7 nitrogen and oxygen atoms in total. The summed E-state index contributed by atoms with van der Waals surface area (Å²) in [6, 6.07) is 7.61. The van der Waals surface area contributed by atoms with Gasteiger partial charge in [-0.3, -0.25) is 0 Å². The van der Waals surface area contributed by atoms with Crippen molar-refractivity contribution in [3.8, 4) is 0 Å². The van der Waals surface area contributed by atoms with Gasteiger partial charge in [0.2, 0.25) is 0 Å². The summed E-state index contributed by atoms with van der Waals surface area (Å²) in [6.45, 7) is 4.20. The van der Waals surface area contributed by atoms with Gasteiger partial charge < -0.3 is 20.1 Å². The standard InChI is InChI=1S/C20H28FN7.HI/c1-14-25-26-19(27(14)2)12-22-20(23-16-8-9-16)24-17-6-4-10-28(13-17)18-7-3-5-15(21)11-18;/h3,5,7,11,16-17H,4,6,8-10,12-13H2,1-2H3,(H2,22,23,24);1H. The van der Waals surface area contributed by atoms with Crippen LogP contribution in [-0.2, 0) is 13.6 Å². The Bertz CT molecular complexity index is 849. The number of nitrogens with one attached hydrogen (secondary N) is 2. The van der Waals surface area contributed by atoms with Gasteiger partial charge in [0.05, 0.1) is 0 Å². The van der Waals surface area contributed by atoms with Gasteiger partial charge in [-0.05, 0) is 50.8 Å². The first kappa shape index (κ1) is 21.8. The Labute approximate surface area is 188 Å². The molecule has 29 heavy (non-hydrogen) atoms. The third-order valence-electron chi connectivity index (χ3n) is 5.42. The third-order valence-corrected chi connectivity index (χ3v) is 5.42. The highest BCUT2D eigenvalue weighted by Crippen LogP contribution is 2.21. The first-order valence-corrected chi connectivity index (χ1v) is 10.0. The lowest BCUT2D eigenvalue weighted by Gasteiger charge is -2.35. The summed E-state index contributed by atoms with van der Waals surface area (Å²) in [6.07, 6.45) is 4.50. The van der Waals surface area contributed by atoms with Crippen LogP contribution >= 0.6 is 24.0 Å². The van der Waals surface area contributed by atoms with Gasteiger partial charge in [-0.1, -0.05) is 6.07 Å². The highest BCUT2D eigenvalue weighted by Gasteiger charge is 2.25. The van der Waals surface area contributed by atoms with E-state index in [2.05, 4.69) is 25.7 Å². The van der Waals surface area contributed by atoms with Crippen LogP contribution in [0.3, 0.4) is 0 Å². The Morgan fingerprint density at radius 2 is 2.00 bits per heavy atom. The van der Waals surface area contributed by atoms with Crippen molar-refractivity contribution >= 4 is 35.6 Å². The number of aliphatic imine (C=N–C) groups is 1. The van der Waals surface area contributed by atoms with E-state index in [0.717, 1.165) is 49.2 Å². The van der Waals surface area contributed by atoms with E-state index in [-0.39, 0.29) is 35.8 Å². The second kappa shape index (κ2) is 9.73. The second-order valence-corrected chi connectivity index (χ2v) is 7.72. The van der Waals surface area contributed by atoms with E-state index in [0.29, 0.717) is 12.6 Å². The molecule has 1 unspecified atom stereocenters. The molecular weight excluding hydrogens is 484 g/mol. The molecule has 1 aromatic heterocycles. The first-order chi connectivity index (χ1) is 13.6. The zero-order chi connectivity index (χ0) is 19.5. The zero-order valence-corrected chi connectivity index (χ0v) is 19.3. The van der Waals surface area contributed by atoms with Crippen molar-refractivity contribution < 1.29 is 4.39 Å². The zero-order valence-electron chi connectivity index (χ0n) is 16.9. The number of nitrogens with zero attached hydrogens (tertiary/aromatic N) is 5. The molecule has 1 aliphatic carbocycles. The molecule has 0 bridgehead atoms. The molecule has 2 aliphatic rings. The van der Waals surface area contributed by atoms with Crippen LogP contribution in [0.2, 0.25) is 0 Å². The molecule has 158 valence electrons. The number of aryl methyl sites for hydroxylation is 1. The minimum atomic E-state index is -0.191. The molecule has 9 heteroatoms. The molecule has 1 saturated heterocycles. The summed E-state index contributed by atoms with van der Waals surface area (Å²) in [5.74, 6) is 2.37. The molecule has 1 atom stereocenters. The van der Waals surface area contributed by atoms with Crippen LogP contribution in [0.15, 0.2) is 29.3 Å². The van der Waals surface area contributed by atoms with E-state index in [1.54, 1.807) is 12.1 Å². The average Bonchev–Trinajstić information content (AvgIpc) is 3.45. The normalized spacial score (nSPS) is 19.6. The Morgan fingerprint density at radius 1 is 1.21 bits per heavy atom. The number of rotatable bonds is 5. The number of hydrogen-bond acceptors (Lipinski definition) is 4. The van der Waals surface area contributed by atoms with Crippen LogP contribution in [0.1, 0.15) is 37.3 Å². The molecule has 0 spiro atoms. The predicted octanol–water partition coefficient (Wildman–Crippen LogP) is 2.75. The molecule has 1 aliphatic heterocycles. The smallest absolute Gasteiger partial charge is 0.192 e. The Hall–Kier alpha value is -1.91. The van der Waals surface area contributed by atoms with E-state index in [4.69, 9.17) is 4.99 Å². The van der Waals surface area contributed by atoms with Gasteiger partial charge in [0.1, 0.15) is 18.2 Å². The highest BCUT2D eigenvalue weighted by atomic mass is 127. The number of guanidine groups is 1. The van der Waals surface area contributed by atoms with Crippen molar-refractivity contribution in [2.45, 2.75) is 51.2 Å². The van der Waals surface area contributed by atoms with Crippen molar-refractivity contribution in [1.29, 1.82) is 0 Å². The molecule has 2 heterocycles. The predicted molar refractivity (Wildman–Crippen MR) is 123 cm³/mol. The maximum atomic E-state index is 13.6. The van der Waals surface area contributed by atoms with Gasteiger partial charge in [-0.15, -0.1) is 34.2 Å². The van der Waals surface area contributed by atoms with E-state index >= 15 is 0 Å². The summed E-state index contributed by atoms with van der Waals surface area (Å²) in [7, 11) is 1.96. The Kier molecular flexibility index (Phi) is 7.31. The van der Waals surface area contributed by atoms with Crippen molar-refractivity contribution in [2.24, 2.45) is 12.0 Å². The molecule has 4 rings (SSSR count). The molecule has 2 N–H and O–H groups in total. The maximum absolute atomic E-state index is 13.6. The van der Waals surface area contributed by atoms with E-state index in [1.807, 2.05) is 24.6 Å². The SMILES string of the molecule is Cc1nnc(CN=C(NC2CC2)NC2CCCN(c3cccc(F)c3)C2)n1C.I. The van der Waals surface area contributed by atoms with Crippen LogP contribution in [0.5, 0.6) is 0 Å². The summed E-state index contributed by atoms with van der Waals surface area (Å²) in [5.41, 5.74) is 0.940. The van der Waals surface area contributed by atoms with Crippen molar-refractivity contribution in [3.63, 3.8) is 0 Å². The minimum Gasteiger partial charge on any atom is -0.369 e. The van der Waals surface area contributed by atoms with Gasteiger partial charge >= 0.3 is 0 Å². The average molecular weight is 513 g/mol. The summed E-state index contributed by atoms with van der Waals surface area (Å²) in [5, 5.41) is 15.4. The van der Waals surface area contributed by atoms with Crippen LogP contribution < -0.4 is 15.5 Å². The maximum Gasteiger partial charge on any atom is 0.192 e. The van der Waals surface area contributed by atoms with Crippen LogP contribution in [0.25, 0.3) is 0 Å². The van der Waals surface area contributed by atoms with Crippen molar-refractivity contribution in [3.05, 3.63) is 41.7 Å². The lowest BCUT2D eigenvalue weighted by atomic mass is 10.0. The van der Waals surface area contributed by atoms with Crippen molar-refractivity contribution in [1.82, 2.24) is 25.4 Å². The van der Waals surface area contributed by atoms with Gasteiger partial charge in [-0.2, -0.15) is 0 Å². The largest absolute Gasteiger partial charge is 0.369 e. The monoisotopic (exact) mass is 513 g/mol. The number of hydrogen-bond donors (Lipinski definition) is 2. The molecule has 0 amide bonds. The number of halogens is 2. The van der Waals surface area contributed by atoms with E-state index in [1.165, 1.54) is 18.9 Å². The Balaban J connectivity index is 0.00000240. The number of piperidine rings is 1. The van der Waals surface area contributed by atoms with Gasteiger partial charge in [0.15, 0.2) is 11.8 Å². The van der Waals surface area contributed by atoms with Gasteiger partial charge in [-0.25, -0.2) is 9.38 Å². The topological polar surface area (TPSA) is 70.4 Å². The van der Waals surface area contributed by atoms with E-state index in [9.17, 15) is 4.39 Å². The molecule has 1 saturated carbocycles. The fraction of sp³-hybridized carbons (Fsp3) is 0.550. The molecular formula is C20H29FIN7. The fourth-order valence-corrected chi connectivity index (χ4v) is 3.49. The quantitative estimate of drug-likeness (QED) is 0.366. The molecule has 0 radical (unpaired) electrons. The number of benzene rings is 1. The van der Waals surface area contributed by atoms with Crippen LogP contribution in [0, 0.1) is 12.7 Å². The lowest BCUT2D eigenvalue weighted by molar-refractivity contribution is 0.466. The summed E-state index contributed by atoms with van der Waals surface area (Å²) in [4.78, 5) is 6.99. The van der Waals surface area contributed by atoms with E-state index < -0.39 is 0 Å². The second-order valence-electron chi connectivity index (χ2n) is 7.72. The summed E-state index contributed by atoms with van der Waals surface area (Å²) < 4.78 is 15.6. The molecule has 1 aromatic carbocycles. The third kappa shape index (κ3) is 5.80.